The molecule has 3 heterocycles. The molecule has 0 spiro atoms. The Morgan fingerprint density at radius 3 is 2.68 bits per heavy atom. The van der Waals surface area contributed by atoms with Crippen molar-refractivity contribution < 1.29 is 29.6 Å². The van der Waals surface area contributed by atoms with Gasteiger partial charge < -0.3 is 25.0 Å². The summed E-state index contributed by atoms with van der Waals surface area (Å²) < 4.78 is 7.34. The van der Waals surface area contributed by atoms with Crippen LogP contribution in [0.3, 0.4) is 0 Å². The van der Waals surface area contributed by atoms with E-state index in [4.69, 9.17) is 24.5 Å². The number of hydrogen-bond donors (Lipinski definition) is 4. The molecule has 2 aromatic carbocycles. The number of ether oxygens (including phenoxy) is 1. The average Bonchev–Trinajstić information content (AvgIpc) is 3.51. The second-order valence-electron chi connectivity index (χ2n) is 9.51. The van der Waals surface area contributed by atoms with Crippen molar-refractivity contribution in [1.29, 1.82) is 0 Å². The molecule has 3 atom stereocenters. The minimum Gasteiger partial charge on any atom is -0.490 e. The number of hydrogen-bond acceptors (Lipinski definition) is 6. The lowest BCUT2D eigenvalue weighted by atomic mass is 9.85. The second kappa shape index (κ2) is 11.8. The smallest absolute Gasteiger partial charge is 0.414 e. The van der Waals surface area contributed by atoms with Crippen LogP contribution in [0.25, 0.3) is 21.0 Å². The number of aryl methyl sites for hydroxylation is 1. The van der Waals surface area contributed by atoms with Crippen LogP contribution in [-0.2, 0) is 9.59 Å². The number of carbonyl (C=O) groups is 2. The molecular formula is C28H32N2O6S. The molecular weight excluding hydrogens is 492 g/mol. The van der Waals surface area contributed by atoms with Crippen molar-refractivity contribution in [1.82, 2.24) is 9.88 Å². The molecule has 1 aliphatic rings. The van der Waals surface area contributed by atoms with Crippen LogP contribution in [0.2, 0.25) is 0 Å². The average molecular weight is 525 g/mol. The number of β-amino-alcohol motifs (C(OH)–C–C–N with tert-alkyl or cyclic N) is 1. The highest BCUT2D eigenvalue weighted by molar-refractivity contribution is 7.17. The van der Waals surface area contributed by atoms with Crippen molar-refractivity contribution in [3.63, 3.8) is 0 Å². The lowest BCUT2D eigenvalue weighted by molar-refractivity contribution is -0.159. The maximum absolute atomic E-state index is 10.6. The zero-order valence-electron chi connectivity index (χ0n) is 20.9. The maximum atomic E-state index is 10.6. The molecule has 9 heteroatoms. The van der Waals surface area contributed by atoms with Crippen LogP contribution in [0, 0.1) is 6.92 Å². The summed E-state index contributed by atoms with van der Waals surface area (Å²) in [4.78, 5) is 23.8. The molecule has 1 aliphatic heterocycles. The fraction of sp³-hybridized carbons (Fsp3) is 0.357. The molecule has 1 fully saturated rings. The summed E-state index contributed by atoms with van der Waals surface area (Å²) in [5.74, 6) is -2.23. The number of piperidine rings is 1. The standard InChI is InChI=1S/C26H30N2O2S.C2H2O4/c1-17-16-31-26-7-6-19(13-23(17)26)20-9-11-28(18(2)12-20)14-21(29)15-30-25-5-3-4-24-22(25)8-10-27-24;3-1(4)2(5)6/h3-8,10,13,16,18,20-21,27,29H,9,11-12,14-15H2,1-2H3;(H,3,4)(H,5,6)/t18-,20-,21-;/m0./s1. The van der Waals surface area contributed by atoms with Gasteiger partial charge in [0.15, 0.2) is 0 Å². The SMILES string of the molecule is Cc1csc2ccc([C@H]3CCN(C[C@H](O)COc4cccc5[nH]ccc45)[C@@H](C)C3)cc12.O=C(O)C(=O)O. The van der Waals surface area contributed by atoms with Gasteiger partial charge in [-0.05, 0) is 91.4 Å². The number of nitrogens with one attached hydrogen (secondary N) is 1. The molecule has 0 unspecified atom stereocenters. The third-order valence-corrected chi connectivity index (χ3v) is 7.97. The van der Waals surface area contributed by atoms with Crippen LogP contribution < -0.4 is 4.74 Å². The number of aliphatic hydroxyl groups is 1. The number of carboxylic acids is 2. The molecule has 0 radical (unpaired) electrons. The van der Waals surface area contributed by atoms with Crippen LogP contribution in [-0.4, -0.2) is 69.0 Å². The fourth-order valence-corrected chi connectivity index (χ4v) is 5.84. The highest BCUT2D eigenvalue weighted by Gasteiger charge is 2.28. The van der Waals surface area contributed by atoms with Crippen molar-refractivity contribution in [3.05, 3.63) is 65.2 Å². The summed E-state index contributed by atoms with van der Waals surface area (Å²) in [7, 11) is 0. The highest BCUT2D eigenvalue weighted by Crippen LogP contribution is 2.35. The Morgan fingerprint density at radius 1 is 1.16 bits per heavy atom. The highest BCUT2D eigenvalue weighted by atomic mass is 32.1. The summed E-state index contributed by atoms with van der Waals surface area (Å²) in [6.07, 6.45) is 3.68. The Bertz CT molecular complexity index is 1370. The third-order valence-electron chi connectivity index (χ3n) is 6.89. The number of H-pyrrole nitrogens is 1. The lowest BCUT2D eigenvalue weighted by Gasteiger charge is -2.38. The number of aliphatic hydroxyl groups excluding tert-OH is 1. The number of aromatic nitrogens is 1. The zero-order valence-corrected chi connectivity index (χ0v) is 21.7. The first-order chi connectivity index (χ1) is 17.7. The van der Waals surface area contributed by atoms with Crippen LogP contribution in [0.1, 0.15) is 36.8 Å². The van der Waals surface area contributed by atoms with Gasteiger partial charge in [0.05, 0.1) is 0 Å². The Kier molecular flexibility index (Phi) is 8.48. The number of rotatable bonds is 6. The number of benzene rings is 2. The predicted octanol–water partition coefficient (Wildman–Crippen LogP) is 4.85. The summed E-state index contributed by atoms with van der Waals surface area (Å²) in [6.45, 7) is 6.46. The summed E-state index contributed by atoms with van der Waals surface area (Å²) >= 11 is 1.83. The quantitative estimate of drug-likeness (QED) is 0.266. The molecule has 37 heavy (non-hydrogen) atoms. The lowest BCUT2D eigenvalue weighted by Crippen LogP contribution is -2.45. The summed E-state index contributed by atoms with van der Waals surface area (Å²) in [5, 5.41) is 30.1. The van der Waals surface area contributed by atoms with Crippen molar-refractivity contribution in [2.45, 2.75) is 44.8 Å². The Balaban J connectivity index is 0.000000480. The first-order valence-corrected chi connectivity index (χ1v) is 13.2. The second-order valence-corrected chi connectivity index (χ2v) is 10.4. The van der Waals surface area contributed by atoms with E-state index < -0.39 is 18.0 Å². The molecule has 4 N–H and O–H groups in total. The maximum Gasteiger partial charge on any atom is 0.414 e. The van der Waals surface area contributed by atoms with Gasteiger partial charge in [-0.1, -0.05) is 12.1 Å². The number of carboxylic acid groups (broad SMARTS) is 2. The minimum absolute atomic E-state index is 0.311. The van der Waals surface area contributed by atoms with Gasteiger partial charge in [-0.25, -0.2) is 9.59 Å². The molecule has 0 aliphatic carbocycles. The van der Waals surface area contributed by atoms with Gasteiger partial charge in [0.1, 0.15) is 18.5 Å². The van der Waals surface area contributed by atoms with Crippen molar-refractivity contribution in [2.24, 2.45) is 0 Å². The monoisotopic (exact) mass is 524 g/mol. The molecule has 0 saturated carbocycles. The molecule has 5 rings (SSSR count). The number of fused-ring (bicyclic) bond motifs is 2. The van der Waals surface area contributed by atoms with Crippen LogP contribution in [0.15, 0.2) is 54.0 Å². The third kappa shape index (κ3) is 6.49. The van der Waals surface area contributed by atoms with Crippen LogP contribution >= 0.6 is 11.3 Å². The van der Waals surface area contributed by atoms with E-state index in [1.54, 1.807) is 0 Å². The van der Waals surface area contributed by atoms with Crippen molar-refractivity contribution >= 4 is 44.3 Å². The molecule has 0 amide bonds. The fourth-order valence-electron chi connectivity index (χ4n) is 4.91. The number of nitrogens with zero attached hydrogens (tertiary/aromatic N) is 1. The first-order valence-electron chi connectivity index (χ1n) is 12.3. The summed E-state index contributed by atoms with van der Waals surface area (Å²) in [5.41, 5.74) is 3.90. The minimum atomic E-state index is -1.82. The van der Waals surface area contributed by atoms with Gasteiger partial charge in [-0.15, -0.1) is 11.3 Å². The molecule has 2 aromatic heterocycles. The van der Waals surface area contributed by atoms with Gasteiger partial charge in [-0.3, -0.25) is 4.90 Å². The normalized spacial score (nSPS) is 18.8. The number of thiophene rings is 1. The number of aliphatic carboxylic acids is 2. The van der Waals surface area contributed by atoms with E-state index in [2.05, 4.69) is 47.3 Å². The van der Waals surface area contributed by atoms with Crippen molar-refractivity contribution in [3.8, 4) is 5.75 Å². The van der Waals surface area contributed by atoms with Gasteiger partial charge in [0.2, 0.25) is 0 Å². The van der Waals surface area contributed by atoms with Crippen LogP contribution in [0.4, 0.5) is 0 Å². The van der Waals surface area contributed by atoms with Gasteiger partial charge in [0.25, 0.3) is 0 Å². The van der Waals surface area contributed by atoms with E-state index in [0.717, 1.165) is 36.0 Å². The number of likely N-dealkylation sites (tertiary alicyclic amines) is 1. The molecule has 1 saturated heterocycles. The van der Waals surface area contributed by atoms with Gasteiger partial charge >= 0.3 is 11.9 Å². The van der Waals surface area contributed by atoms with E-state index in [0.29, 0.717) is 25.1 Å². The largest absolute Gasteiger partial charge is 0.490 e. The van der Waals surface area contributed by atoms with E-state index in [-0.39, 0.29) is 0 Å². The molecule has 4 aromatic rings. The number of aromatic amines is 1. The van der Waals surface area contributed by atoms with Gasteiger partial charge in [-0.2, -0.15) is 0 Å². The zero-order chi connectivity index (χ0) is 26.5. The van der Waals surface area contributed by atoms with Crippen molar-refractivity contribution in [2.75, 3.05) is 19.7 Å². The van der Waals surface area contributed by atoms with E-state index >= 15 is 0 Å². The molecule has 196 valence electrons. The van der Waals surface area contributed by atoms with Gasteiger partial charge in [0, 0.05) is 34.4 Å². The first kappa shape index (κ1) is 26.7. The Hall–Kier alpha value is -3.40. The van der Waals surface area contributed by atoms with E-state index in [9.17, 15) is 5.11 Å². The topological polar surface area (TPSA) is 123 Å². The molecule has 8 nitrogen and oxygen atoms in total. The van der Waals surface area contributed by atoms with E-state index in [1.165, 1.54) is 21.2 Å². The summed E-state index contributed by atoms with van der Waals surface area (Å²) in [6, 6.07) is 15.4. The molecule has 0 bridgehead atoms. The predicted molar refractivity (Wildman–Crippen MR) is 145 cm³/mol. The Labute approximate surface area is 219 Å². The van der Waals surface area contributed by atoms with Crippen LogP contribution in [0.5, 0.6) is 5.75 Å². The Morgan fingerprint density at radius 2 is 1.95 bits per heavy atom. The van der Waals surface area contributed by atoms with E-state index in [1.807, 2.05) is 41.8 Å².